The van der Waals surface area contributed by atoms with Gasteiger partial charge in [-0.15, -0.1) is 0 Å². The van der Waals surface area contributed by atoms with E-state index in [-0.39, 0.29) is 5.97 Å². The van der Waals surface area contributed by atoms with Gasteiger partial charge in [-0.3, -0.25) is 0 Å². The number of halogens is 1. The third-order valence-electron chi connectivity index (χ3n) is 3.19. The van der Waals surface area contributed by atoms with Crippen molar-refractivity contribution in [1.82, 2.24) is 0 Å². The smallest absolute Gasteiger partial charge is 0.340 e. The van der Waals surface area contributed by atoms with Gasteiger partial charge in [0.05, 0.1) is 12.7 Å². The van der Waals surface area contributed by atoms with Gasteiger partial charge in [0.1, 0.15) is 0 Å². The second kappa shape index (κ2) is 7.70. The van der Waals surface area contributed by atoms with Crippen molar-refractivity contribution in [3.8, 4) is 0 Å². The molecule has 21 heavy (non-hydrogen) atoms. The molecule has 0 heterocycles. The maximum atomic E-state index is 11.7. The van der Waals surface area contributed by atoms with E-state index in [0.29, 0.717) is 10.6 Å². The SMILES string of the molecule is COC(=O)c1cc(Cl)ccc1NCCCc1ccccc1. The summed E-state index contributed by atoms with van der Waals surface area (Å²) in [5.74, 6) is -0.386. The van der Waals surface area contributed by atoms with Crippen LogP contribution < -0.4 is 5.32 Å². The number of ether oxygens (including phenoxy) is 1. The third-order valence-corrected chi connectivity index (χ3v) is 3.42. The molecule has 2 aromatic rings. The molecule has 0 amide bonds. The zero-order chi connectivity index (χ0) is 15.1. The zero-order valence-electron chi connectivity index (χ0n) is 11.9. The van der Waals surface area contributed by atoms with Crippen molar-refractivity contribution in [1.29, 1.82) is 0 Å². The van der Waals surface area contributed by atoms with E-state index >= 15 is 0 Å². The molecule has 0 spiro atoms. The average Bonchev–Trinajstić information content (AvgIpc) is 2.53. The number of aryl methyl sites for hydroxylation is 1. The summed E-state index contributed by atoms with van der Waals surface area (Å²) >= 11 is 5.92. The Hall–Kier alpha value is -2.00. The summed E-state index contributed by atoms with van der Waals surface area (Å²) < 4.78 is 4.77. The van der Waals surface area contributed by atoms with Crippen LogP contribution in [-0.4, -0.2) is 19.6 Å². The van der Waals surface area contributed by atoms with Crippen molar-refractivity contribution < 1.29 is 9.53 Å². The fraction of sp³-hybridized carbons (Fsp3) is 0.235. The van der Waals surface area contributed by atoms with Crippen molar-refractivity contribution in [3.63, 3.8) is 0 Å². The average molecular weight is 304 g/mol. The van der Waals surface area contributed by atoms with Crippen molar-refractivity contribution in [2.45, 2.75) is 12.8 Å². The van der Waals surface area contributed by atoms with Crippen molar-refractivity contribution in [3.05, 3.63) is 64.7 Å². The molecule has 0 aliphatic carbocycles. The molecule has 4 heteroatoms. The van der Waals surface area contributed by atoms with E-state index in [4.69, 9.17) is 16.3 Å². The third kappa shape index (κ3) is 4.50. The maximum absolute atomic E-state index is 11.7. The molecule has 110 valence electrons. The van der Waals surface area contributed by atoms with Crippen molar-refractivity contribution in [2.24, 2.45) is 0 Å². The Labute approximate surface area is 129 Å². The molecule has 0 radical (unpaired) electrons. The highest BCUT2D eigenvalue weighted by molar-refractivity contribution is 6.31. The first-order chi connectivity index (χ1) is 10.2. The normalized spacial score (nSPS) is 10.2. The zero-order valence-corrected chi connectivity index (χ0v) is 12.7. The Morgan fingerprint density at radius 2 is 1.95 bits per heavy atom. The highest BCUT2D eigenvalue weighted by Crippen LogP contribution is 2.21. The summed E-state index contributed by atoms with van der Waals surface area (Å²) in [5.41, 5.74) is 2.52. The van der Waals surface area contributed by atoms with Crippen molar-refractivity contribution in [2.75, 3.05) is 19.0 Å². The molecule has 2 aromatic carbocycles. The highest BCUT2D eigenvalue weighted by atomic mass is 35.5. The van der Waals surface area contributed by atoms with E-state index in [0.717, 1.165) is 25.1 Å². The highest BCUT2D eigenvalue weighted by Gasteiger charge is 2.12. The van der Waals surface area contributed by atoms with Crippen LogP contribution in [0.15, 0.2) is 48.5 Å². The molecule has 0 unspecified atom stereocenters. The standard InChI is InChI=1S/C17H18ClNO2/c1-21-17(20)15-12-14(18)9-10-16(15)19-11-5-8-13-6-3-2-4-7-13/h2-4,6-7,9-10,12,19H,5,8,11H2,1H3. The number of benzene rings is 2. The van der Waals surface area contributed by atoms with E-state index in [1.54, 1.807) is 18.2 Å². The van der Waals surface area contributed by atoms with Gasteiger partial charge in [-0.1, -0.05) is 41.9 Å². The van der Waals surface area contributed by atoms with Gasteiger partial charge in [0.25, 0.3) is 0 Å². The minimum absolute atomic E-state index is 0.386. The van der Waals surface area contributed by atoms with Crippen LogP contribution in [0.4, 0.5) is 5.69 Å². The molecule has 0 saturated heterocycles. The first-order valence-electron chi connectivity index (χ1n) is 6.86. The lowest BCUT2D eigenvalue weighted by molar-refractivity contribution is 0.0602. The minimum Gasteiger partial charge on any atom is -0.465 e. The second-order valence-corrected chi connectivity index (χ2v) is 5.13. The number of anilines is 1. The van der Waals surface area contributed by atoms with E-state index in [2.05, 4.69) is 17.4 Å². The molecule has 2 rings (SSSR count). The van der Waals surface area contributed by atoms with Crippen LogP contribution in [0.1, 0.15) is 22.3 Å². The quantitative estimate of drug-likeness (QED) is 0.643. The Bertz CT molecular complexity index is 599. The number of carbonyl (C=O) groups excluding carboxylic acids is 1. The van der Waals surface area contributed by atoms with Crippen LogP contribution in [0.5, 0.6) is 0 Å². The topological polar surface area (TPSA) is 38.3 Å². The molecule has 0 atom stereocenters. The van der Waals surface area contributed by atoms with Crippen LogP contribution in [0, 0.1) is 0 Å². The van der Waals surface area contributed by atoms with Crippen LogP contribution in [0.3, 0.4) is 0 Å². The van der Waals surface area contributed by atoms with E-state index in [1.807, 2.05) is 18.2 Å². The second-order valence-electron chi connectivity index (χ2n) is 4.70. The molecule has 0 fully saturated rings. The molecule has 0 aromatic heterocycles. The number of nitrogens with one attached hydrogen (secondary N) is 1. The summed E-state index contributed by atoms with van der Waals surface area (Å²) in [5, 5.41) is 3.79. The van der Waals surface area contributed by atoms with Gasteiger partial charge >= 0.3 is 5.97 Å². The fourth-order valence-electron chi connectivity index (χ4n) is 2.11. The van der Waals surface area contributed by atoms with Gasteiger partial charge in [0, 0.05) is 17.3 Å². The number of methoxy groups -OCH3 is 1. The lowest BCUT2D eigenvalue weighted by Gasteiger charge is -2.11. The monoisotopic (exact) mass is 303 g/mol. The Morgan fingerprint density at radius 1 is 1.19 bits per heavy atom. The molecule has 0 saturated carbocycles. The van der Waals surface area contributed by atoms with Gasteiger partial charge < -0.3 is 10.1 Å². The van der Waals surface area contributed by atoms with Gasteiger partial charge in [-0.2, -0.15) is 0 Å². The Balaban J connectivity index is 1.92. The predicted molar refractivity (Wildman–Crippen MR) is 86.0 cm³/mol. The summed E-state index contributed by atoms with van der Waals surface area (Å²) in [4.78, 5) is 11.7. The first kappa shape index (κ1) is 15.4. The van der Waals surface area contributed by atoms with Crippen LogP contribution in [0.2, 0.25) is 5.02 Å². The molecule has 0 bridgehead atoms. The maximum Gasteiger partial charge on any atom is 0.340 e. The summed E-state index contributed by atoms with van der Waals surface area (Å²) in [6.45, 7) is 0.778. The van der Waals surface area contributed by atoms with Gasteiger partial charge in [-0.05, 0) is 36.6 Å². The predicted octanol–water partition coefficient (Wildman–Crippen LogP) is 4.17. The number of hydrogen-bond donors (Lipinski definition) is 1. The van der Waals surface area contributed by atoms with Gasteiger partial charge in [0.15, 0.2) is 0 Å². The summed E-state index contributed by atoms with van der Waals surface area (Å²) in [7, 11) is 1.36. The van der Waals surface area contributed by atoms with Crippen LogP contribution in [0.25, 0.3) is 0 Å². The number of carbonyl (C=O) groups is 1. The number of rotatable bonds is 6. The largest absolute Gasteiger partial charge is 0.465 e. The molecule has 0 aliphatic rings. The van der Waals surface area contributed by atoms with Gasteiger partial charge in [0.2, 0.25) is 0 Å². The summed E-state index contributed by atoms with van der Waals surface area (Å²) in [6, 6.07) is 15.5. The fourth-order valence-corrected chi connectivity index (χ4v) is 2.28. The lowest BCUT2D eigenvalue weighted by atomic mass is 10.1. The molecule has 1 N–H and O–H groups in total. The molecule has 0 aliphatic heterocycles. The molecular weight excluding hydrogens is 286 g/mol. The van der Waals surface area contributed by atoms with E-state index < -0.39 is 0 Å². The molecule has 3 nitrogen and oxygen atoms in total. The van der Waals surface area contributed by atoms with E-state index in [9.17, 15) is 4.79 Å². The Kier molecular flexibility index (Phi) is 5.64. The minimum atomic E-state index is -0.386. The first-order valence-corrected chi connectivity index (χ1v) is 7.24. The van der Waals surface area contributed by atoms with E-state index in [1.165, 1.54) is 12.7 Å². The Morgan fingerprint density at radius 3 is 2.67 bits per heavy atom. The summed E-state index contributed by atoms with van der Waals surface area (Å²) in [6.07, 6.45) is 1.97. The van der Waals surface area contributed by atoms with Gasteiger partial charge in [-0.25, -0.2) is 4.79 Å². The molecular formula is C17H18ClNO2. The van der Waals surface area contributed by atoms with Crippen LogP contribution in [-0.2, 0) is 11.2 Å². The lowest BCUT2D eigenvalue weighted by Crippen LogP contribution is -2.09. The number of esters is 1. The number of hydrogen-bond acceptors (Lipinski definition) is 3. The van der Waals surface area contributed by atoms with Crippen LogP contribution >= 0.6 is 11.6 Å². The van der Waals surface area contributed by atoms with Crippen molar-refractivity contribution >= 4 is 23.3 Å².